The summed E-state index contributed by atoms with van der Waals surface area (Å²) >= 11 is 8.28. The van der Waals surface area contributed by atoms with Gasteiger partial charge in [0.25, 0.3) is 0 Å². The zero-order valence-electron chi connectivity index (χ0n) is 4.03. The highest BCUT2D eigenvalue weighted by Crippen LogP contribution is 2.29. The molecule has 0 aliphatic heterocycles. The van der Waals surface area contributed by atoms with E-state index in [0.29, 0.717) is 5.38 Å². The molecule has 2 unspecified atom stereocenters. The van der Waals surface area contributed by atoms with Crippen LogP contribution in [-0.4, -0.2) is 9.30 Å². The summed E-state index contributed by atoms with van der Waals surface area (Å²) in [6.45, 7) is 0. The molecule has 1 fully saturated rings. The summed E-state index contributed by atoms with van der Waals surface area (Å²) in [5.74, 6) is 0. The molecule has 7 heavy (non-hydrogen) atoms. The molecule has 1 aliphatic carbocycles. The Morgan fingerprint density at radius 3 is 2.29 bits per heavy atom. The Morgan fingerprint density at radius 1 is 1.43 bits per heavy atom. The summed E-state index contributed by atoms with van der Waals surface area (Å²) in [7, 11) is 0. The van der Waals surface area contributed by atoms with Crippen LogP contribution < -0.4 is 0 Å². The van der Waals surface area contributed by atoms with Gasteiger partial charge in [0, 0.05) is 9.30 Å². The first-order valence-corrected chi connectivity index (χ1v) is 4.27. The van der Waals surface area contributed by atoms with E-state index in [1.807, 2.05) is 0 Å². The molecule has 2 atom stereocenters. The first kappa shape index (κ1) is 6.14. The minimum Gasteiger partial charge on any atom is -0.122 e. The summed E-state index contributed by atoms with van der Waals surface area (Å²) in [5, 5.41) is 0.473. The van der Waals surface area contributed by atoms with Crippen molar-refractivity contribution in [2.24, 2.45) is 0 Å². The van der Waals surface area contributed by atoms with Crippen LogP contribution in [0.5, 0.6) is 0 Å². The molecule has 1 rings (SSSR count). The van der Waals surface area contributed by atoms with Gasteiger partial charge in [-0.05, 0) is 12.8 Å². The van der Waals surface area contributed by atoms with Crippen LogP contribution in [0.1, 0.15) is 19.3 Å². The third-order valence-corrected chi connectivity index (χ3v) is 3.79. The van der Waals surface area contributed by atoms with Gasteiger partial charge in [0.1, 0.15) is 0 Å². The number of hydrogen-bond donors (Lipinski definition) is 0. The number of halogens is 2. The summed E-state index contributed by atoms with van der Waals surface area (Å²) in [4.78, 5) is 0. The molecule has 0 heterocycles. The molecule has 0 bridgehead atoms. The highest BCUT2D eigenvalue weighted by atomic mass is 127. The van der Waals surface area contributed by atoms with Crippen molar-refractivity contribution >= 4 is 34.2 Å². The highest BCUT2D eigenvalue weighted by Gasteiger charge is 2.21. The maximum atomic E-state index is 5.86. The molecular weight excluding hydrogens is 222 g/mol. The van der Waals surface area contributed by atoms with Gasteiger partial charge >= 0.3 is 0 Å². The van der Waals surface area contributed by atoms with Crippen molar-refractivity contribution in [2.45, 2.75) is 28.6 Å². The van der Waals surface area contributed by atoms with Gasteiger partial charge < -0.3 is 0 Å². The van der Waals surface area contributed by atoms with Crippen molar-refractivity contribution in [1.29, 1.82) is 0 Å². The van der Waals surface area contributed by atoms with Gasteiger partial charge in [0.2, 0.25) is 0 Å². The third kappa shape index (κ3) is 1.46. The molecule has 2 heteroatoms. The first-order valence-electron chi connectivity index (χ1n) is 2.59. The predicted octanol–water partition coefficient (Wildman–Crippen LogP) is 2.58. The molecule has 1 aliphatic rings. The van der Waals surface area contributed by atoms with Gasteiger partial charge in [0.15, 0.2) is 0 Å². The SMILES string of the molecule is ClC1CCCC1I. The Bertz CT molecular complexity index is 57.1. The number of alkyl halides is 2. The van der Waals surface area contributed by atoms with E-state index in [1.54, 1.807) is 0 Å². The lowest BCUT2D eigenvalue weighted by atomic mass is 10.4. The van der Waals surface area contributed by atoms with Crippen LogP contribution in [0.3, 0.4) is 0 Å². The van der Waals surface area contributed by atoms with Crippen molar-refractivity contribution in [2.75, 3.05) is 0 Å². The molecule has 0 spiro atoms. The Kier molecular flexibility index (Phi) is 2.22. The van der Waals surface area contributed by atoms with E-state index >= 15 is 0 Å². The maximum absolute atomic E-state index is 5.86. The monoisotopic (exact) mass is 230 g/mol. The second-order valence-corrected chi connectivity index (χ2v) is 4.12. The molecule has 0 saturated heterocycles. The molecule has 0 aromatic carbocycles. The van der Waals surface area contributed by atoms with E-state index in [9.17, 15) is 0 Å². The van der Waals surface area contributed by atoms with Gasteiger partial charge in [-0.2, -0.15) is 0 Å². The van der Waals surface area contributed by atoms with Gasteiger partial charge in [-0.25, -0.2) is 0 Å². The Labute approximate surface area is 62.8 Å². The molecule has 0 N–H and O–H groups in total. The zero-order chi connectivity index (χ0) is 5.28. The zero-order valence-corrected chi connectivity index (χ0v) is 6.95. The van der Waals surface area contributed by atoms with Crippen molar-refractivity contribution in [3.8, 4) is 0 Å². The topological polar surface area (TPSA) is 0 Å². The van der Waals surface area contributed by atoms with Crippen LogP contribution in [-0.2, 0) is 0 Å². The number of hydrogen-bond acceptors (Lipinski definition) is 0. The molecule has 1 saturated carbocycles. The molecule has 0 aromatic rings. The highest BCUT2D eigenvalue weighted by molar-refractivity contribution is 14.1. The molecule has 0 amide bonds. The Morgan fingerprint density at radius 2 is 2.14 bits per heavy atom. The summed E-state index contributed by atoms with van der Waals surface area (Å²) in [5.41, 5.74) is 0. The van der Waals surface area contributed by atoms with Crippen molar-refractivity contribution in [3.05, 3.63) is 0 Å². The minimum atomic E-state index is 0.473. The summed E-state index contributed by atoms with van der Waals surface area (Å²) < 4.78 is 0.749. The predicted molar refractivity (Wildman–Crippen MR) is 41.3 cm³/mol. The summed E-state index contributed by atoms with van der Waals surface area (Å²) in [6, 6.07) is 0. The third-order valence-electron chi connectivity index (χ3n) is 1.35. The largest absolute Gasteiger partial charge is 0.122 e. The average Bonchev–Trinajstić information content (AvgIpc) is 1.91. The van der Waals surface area contributed by atoms with Gasteiger partial charge in [-0.15, -0.1) is 11.6 Å². The second-order valence-electron chi connectivity index (χ2n) is 1.96. The van der Waals surface area contributed by atoms with Crippen LogP contribution in [0, 0.1) is 0 Å². The van der Waals surface area contributed by atoms with Gasteiger partial charge in [-0.3, -0.25) is 0 Å². The minimum absolute atomic E-state index is 0.473. The quantitative estimate of drug-likeness (QED) is 0.443. The molecular formula is C5H8ClI. The van der Waals surface area contributed by atoms with Crippen LogP contribution >= 0.6 is 34.2 Å². The van der Waals surface area contributed by atoms with Crippen molar-refractivity contribution in [3.63, 3.8) is 0 Å². The van der Waals surface area contributed by atoms with Crippen LogP contribution in [0.4, 0.5) is 0 Å². The van der Waals surface area contributed by atoms with E-state index < -0.39 is 0 Å². The van der Waals surface area contributed by atoms with E-state index in [4.69, 9.17) is 11.6 Å². The van der Waals surface area contributed by atoms with Gasteiger partial charge in [-0.1, -0.05) is 29.0 Å². The summed E-state index contributed by atoms with van der Waals surface area (Å²) in [6.07, 6.45) is 3.89. The first-order chi connectivity index (χ1) is 3.30. The standard InChI is InChI=1S/C5H8ClI/c6-4-2-1-3-5(4)7/h4-5H,1-3H2. The lowest BCUT2D eigenvalue weighted by Crippen LogP contribution is -2.02. The van der Waals surface area contributed by atoms with Crippen molar-refractivity contribution in [1.82, 2.24) is 0 Å². The van der Waals surface area contributed by atoms with Gasteiger partial charge in [0.05, 0.1) is 0 Å². The molecule has 0 aromatic heterocycles. The van der Waals surface area contributed by atoms with Crippen molar-refractivity contribution < 1.29 is 0 Å². The maximum Gasteiger partial charge on any atom is 0.0453 e. The molecule has 0 nitrogen and oxygen atoms in total. The smallest absolute Gasteiger partial charge is 0.0453 e. The fraction of sp³-hybridized carbons (Fsp3) is 1.00. The van der Waals surface area contributed by atoms with E-state index in [1.165, 1.54) is 19.3 Å². The Hall–Kier alpha value is 1.02. The van der Waals surface area contributed by atoms with E-state index in [2.05, 4.69) is 22.6 Å². The molecule has 0 radical (unpaired) electrons. The Balaban J connectivity index is 2.33. The van der Waals surface area contributed by atoms with Crippen LogP contribution in [0.25, 0.3) is 0 Å². The van der Waals surface area contributed by atoms with E-state index in [0.717, 1.165) is 3.92 Å². The fourth-order valence-corrected chi connectivity index (χ4v) is 1.95. The second kappa shape index (κ2) is 2.53. The van der Waals surface area contributed by atoms with E-state index in [-0.39, 0.29) is 0 Å². The van der Waals surface area contributed by atoms with Crippen LogP contribution in [0.15, 0.2) is 0 Å². The lowest BCUT2D eigenvalue weighted by Gasteiger charge is -2.00. The number of rotatable bonds is 0. The fourth-order valence-electron chi connectivity index (χ4n) is 0.870. The lowest BCUT2D eigenvalue weighted by molar-refractivity contribution is 0.889. The molecule has 42 valence electrons. The normalized spacial score (nSPS) is 42.0. The average molecular weight is 230 g/mol. The van der Waals surface area contributed by atoms with Crippen LogP contribution in [0.2, 0.25) is 0 Å².